The monoisotopic (exact) mass is 280 g/mol. The molecule has 1 fully saturated rings. The molecule has 0 aromatic heterocycles. The minimum atomic E-state index is -4.25. The Kier molecular flexibility index (Phi) is 6.62. The summed E-state index contributed by atoms with van der Waals surface area (Å²) in [6.45, 7) is 4.04. The van der Waals surface area contributed by atoms with Gasteiger partial charge in [-0.25, -0.2) is 0 Å². The first kappa shape index (κ1) is 16.3. The van der Waals surface area contributed by atoms with Gasteiger partial charge in [-0.15, -0.1) is 0 Å². The van der Waals surface area contributed by atoms with Crippen molar-refractivity contribution >= 4 is 5.91 Å². The lowest BCUT2D eigenvalue weighted by atomic mass is 10.2. The third-order valence-electron chi connectivity index (χ3n) is 3.36. The third-order valence-corrected chi connectivity index (χ3v) is 3.36. The average molecular weight is 280 g/mol. The van der Waals surface area contributed by atoms with Crippen LogP contribution >= 0.6 is 0 Å². The van der Waals surface area contributed by atoms with Crippen LogP contribution in [-0.4, -0.2) is 42.7 Å². The number of unbranched alkanes of at least 4 members (excludes halogenated alkanes) is 1. The summed E-state index contributed by atoms with van der Waals surface area (Å²) in [7, 11) is 0. The fourth-order valence-corrected chi connectivity index (χ4v) is 2.25. The van der Waals surface area contributed by atoms with Crippen molar-refractivity contribution in [3.05, 3.63) is 0 Å². The largest absolute Gasteiger partial charge is 0.389 e. The van der Waals surface area contributed by atoms with Crippen LogP contribution in [0.25, 0.3) is 0 Å². The van der Waals surface area contributed by atoms with Crippen molar-refractivity contribution in [2.24, 2.45) is 0 Å². The van der Waals surface area contributed by atoms with E-state index in [0.29, 0.717) is 13.1 Å². The molecular weight excluding hydrogens is 257 g/mol. The molecule has 1 heterocycles. The Labute approximate surface area is 112 Å². The predicted molar refractivity (Wildman–Crippen MR) is 67.8 cm³/mol. The highest BCUT2D eigenvalue weighted by atomic mass is 19.4. The Morgan fingerprint density at radius 1 is 1.42 bits per heavy atom. The number of carbonyl (C=O) groups is 1. The fraction of sp³-hybridized carbons (Fsp3) is 0.923. The molecule has 1 aliphatic rings. The molecule has 0 saturated carbocycles. The van der Waals surface area contributed by atoms with Crippen molar-refractivity contribution in [2.75, 3.05) is 19.6 Å². The van der Waals surface area contributed by atoms with Gasteiger partial charge in [-0.3, -0.25) is 4.79 Å². The van der Waals surface area contributed by atoms with Crippen LogP contribution in [0, 0.1) is 0 Å². The maximum Gasteiger partial charge on any atom is 0.389 e. The molecule has 1 rings (SSSR count). The first-order valence-corrected chi connectivity index (χ1v) is 7.00. The Hall–Kier alpha value is -0.780. The quantitative estimate of drug-likeness (QED) is 0.777. The highest BCUT2D eigenvalue weighted by Crippen LogP contribution is 2.22. The molecule has 0 bridgehead atoms. The van der Waals surface area contributed by atoms with Gasteiger partial charge in [-0.05, 0) is 25.8 Å². The number of hydrogen-bond donors (Lipinski definition) is 1. The van der Waals surface area contributed by atoms with Gasteiger partial charge in [0.05, 0.1) is 6.42 Å². The van der Waals surface area contributed by atoms with Gasteiger partial charge >= 0.3 is 6.18 Å². The van der Waals surface area contributed by atoms with Gasteiger partial charge in [-0.2, -0.15) is 13.2 Å². The van der Waals surface area contributed by atoms with Crippen molar-refractivity contribution in [3.63, 3.8) is 0 Å². The van der Waals surface area contributed by atoms with Crippen LogP contribution in [0.5, 0.6) is 0 Å². The van der Waals surface area contributed by atoms with Gasteiger partial charge < -0.3 is 10.2 Å². The van der Waals surface area contributed by atoms with E-state index in [2.05, 4.69) is 5.32 Å². The number of carbonyl (C=O) groups excluding carboxylic acids is 1. The molecule has 0 aromatic carbocycles. The van der Waals surface area contributed by atoms with Gasteiger partial charge in [0.25, 0.3) is 0 Å². The molecule has 19 heavy (non-hydrogen) atoms. The highest BCUT2D eigenvalue weighted by Gasteiger charge is 2.29. The molecule has 1 aliphatic heterocycles. The fourth-order valence-electron chi connectivity index (χ4n) is 2.25. The number of rotatable bonds is 7. The second kappa shape index (κ2) is 7.72. The van der Waals surface area contributed by atoms with E-state index in [1.165, 1.54) is 0 Å². The van der Waals surface area contributed by atoms with Gasteiger partial charge in [0.1, 0.15) is 0 Å². The summed E-state index contributed by atoms with van der Waals surface area (Å²) in [5, 5.41) is 3.27. The van der Waals surface area contributed by atoms with E-state index in [9.17, 15) is 18.0 Å². The van der Waals surface area contributed by atoms with Crippen LogP contribution in [-0.2, 0) is 4.79 Å². The molecule has 112 valence electrons. The third kappa shape index (κ3) is 6.80. The van der Waals surface area contributed by atoms with Crippen LogP contribution < -0.4 is 5.32 Å². The van der Waals surface area contributed by atoms with Gasteiger partial charge in [0, 0.05) is 25.6 Å². The first-order valence-electron chi connectivity index (χ1n) is 7.00. The van der Waals surface area contributed by atoms with E-state index < -0.39 is 19.0 Å². The smallest absolute Gasteiger partial charge is 0.341 e. The lowest BCUT2D eigenvalue weighted by Gasteiger charge is -2.26. The highest BCUT2D eigenvalue weighted by molar-refractivity contribution is 5.76. The zero-order valence-electron chi connectivity index (χ0n) is 11.4. The second-order valence-corrected chi connectivity index (χ2v) is 5.10. The van der Waals surface area contributed by atoms with Gasteiger partial charge in [0.2, 0.25) is 5.91 Å². The van der Waals surface area contributed by atoms with Crippen LogP contribution in [0.3, 0.4) is 0 Å². The topological polar surface area (TPSA) is 32.3 Å². The number of nitrogens with one attached hydrogen (secondary N) is 1. The molecule has 1 N–H and O–H groups in total. The number of amides is 1. The lowest BCUT2D eigenvalue weighted by Crippen LogP contribution is -2.41. The standard InChI is InChI=1S/C13H23F3N2O/c1-2-3-9-18(10-11-5-4-8-17-11)12(19)6-7-13(14,15)16/h11,17H,2-10H2,1H3. The predicted octanol–water partition coefficient (Wildman–Crippen LogP) is 2.71. The van der Waals surface area contributed by atoms with Gasteiger partial charge in [0.15, 0.2) is 0 Å². The Bertz CT molecular complexity index is 276. The van der Waals surface area contributed by atoms with Crippen LogP contribution in [0.2, 0.25) is 0 Å². The molecule has 1 amide bonds. The SMILES string of the molecule is CCCCN(CC1CCCN1)C(=O)CCC(F)(F)F. The van der Waals surface area contributed by atoms with Crippen molar-refractivity contribution < 1.29 is 18.0 Å². The molecule has 0 radical (unpaired) electrons. The van der Waals surface area contributed by atoms with E-state index in [0.717, 1.165) is 32.2 Å². The summed E-state index contributed by atoms with van der Waals surface area (Å²) in [5.74, 6) is -0.375. The molecular formula is C13H23F3N2O. The van der Waals surface area contributed by atoms with E-state index in [4.69, 9.17) is 0 Å². The number of hydrogen-bond acceptors (Lipinski definition) is 2. The maximum absolute atomic E-state index is 12.2. The van der Waals surface area contributed by atoms with E-state index in [1.54, 1.807) is 4.90 Å². The molecule has 1 saturated heterocycles. The molecule has 1 atom stereocenters. The summed E-state index contributed by atoms with van der Waals surface area (Å²) in [5.41, 5.74) is 0. The zero-order chi connectivity index (χ0) is 14.3. The van der Waals surface area contributed by atoms with E-state index in [1.807, 2.05) is 6.92 Å². The van der Waals surface area contributed by atoms with Crippen molar-refractivity contribution in [2.45, 2.75) is 57.7 Å². The number of alkyl halides is 3. The Morgan fingerprint density at radius 2 is 2.16 bits per heavy atom. The summed E-state index contributed by atoms with van der Waals surface area (Å²) < 4.78 is 36.5. The lowest BCUT2D eigenvalue weighted by molar-refractivity contribution is -0.149. The van der Waals surface area contributed by atoms with E-state index >= 15 is 0 Å². The first-order chi connectivity index (χ1) is 8.92. The number of nitrogens with zero attached hydrogens (tertiary/aromatic N) is 1. The maximum atomic E-state index is 12.2. The number of halogens is 3. The molecule has 1 unspecified atom stereocenters. The molecule has 0 spiro atoms. The summed E-state index contributed by atoms with van der Waals surface area (Å²) >= 11 is 0. The van der Waals surface area contributed by atoms with Crippen molar-refractivity contribution in [1.29, 1.82) is 0 Å². The molecule has 6 heteroatoms. The van der Waals surface area contributed by atoms with Crippen molar-refractivity contribution in [1.82, 2.24) is 10.2 Å². The zero-order valence-corrected chi connectivity index (χ0v) is 11.4. The van der Waals surface area contributed by atoms with Crippen LogP contribution in [0.15, 0.2) is 0 Å². The Morgan fingerprint density at radius 3 is 2.68 bits per heavy atom. The molecule has 0 aliphatic carbocycles. The average Bonchev–Trinajstić information content (AvgIpc) is 2.83. The molecule has 3 nitrogen and oxygen atoms in total. The minimum Gasteiger partial charge on any atom is -0.341 e. The summed E-state index contributed by atoms with van der Waals surface area (Å²) in [6, 6.07) is 0.242. The van der Waals surface area contributed by atoms with Crippen LogP contribution in [0.4, 0.5) is 13.2 Å². The Balaban J connectivity index is 2.43. The minimum absolute atomic E-state index is 0.242. The molecule has 0 aromatic rings. The van der Waals surface area contributed by atoms with Crippen LogP contribution in [0.1, 0.15) is 45.4 Å². The van der Waals surface area contributed by atoms with Gasteiger partial charge in [-0.1, -0.05) is 13.3 Å². The summed E-state index contributed by atoms with van der Waals surface area (Å²) in [6.07, 6.45) is -1.87. The van der Waals surface area contributed by atoms with Crippen molar-refractivity contribution in [3.8, 4) is 0 Å². The second-order valence-electron chi connectivity index (χ2n) is 5.10. The summed E-state index contributed by atoms with van der Waals surface area (Å²) in [4.78, 5) is 13.5. The normalized spacial score (nSPS) is 19.7. The van der Waals surface area contributed by atoms with E-state index in [-0.39, 0.29) is 11.9 Å².